The lowest BCUT2D eigenvalue weighted by Crippen LogP contribution is -2.19. The SMILES string of the molecule is Cl.Cl.O=c1ccc2ncc(=O)n3c2n1CC3. The molecule has 1 aliphatic rings. The molecule has 0 spiro atoms. The van der Waals surface area contributed by atoms with Gasteiger partial charge in [-0.25, -0.2) is 4.98 Å². The second-order valence-electron chi connectivity index (χ2n) is 3.28. The summed E-state index contributed by atoms with van der Waals surface area (Å²) in [5.41, 5.74) is 1.12. The highest BCUT2D eigenvalue weighted by Gasteiger charge is 2.15. The van der Waals surface area contributed by atoms with Gasteiger partial charge in [0, 0.05) is 19.2 Å². The Morgan fingerprint density at radius 2 is 1.62 bits per heavy atom. The molecule has 7 heteroatoms. The number of aromatic nitrogens is 3. The van der Waals surface area contributed by atoms with Crippen molar-refractivity contribution in [3.8, 4) is 0 Å². The minimum atomic E-state index is -0.144. The minimum Gasteiger partial charge on any atom is -0.291 e. The zero-order valence-corrected chi connectivity index (χ0v) is 9.75. The Labute approximate surface area is 103 Å². The monoisotopic (exact) mass is 261 g/mol. The number of halogens is 2. The van der Waals surface area contributed by atoms with Crippen molar-refractivity contribution in [1.82, 2.24) is 14.1 Å². The van der Waals surface area contributed by atoms with E-state index in [1.165, 1.54) is 12.3 Å². The summed E-state index contributed by atoms with van der Waals surface area (Å²) >= 11 is 0. The number of hydrogen-bond donors (Lipinski definition) is 0. The summed E-state index contributed by atoms with van der Waals surface area (Å²) in [7, 11) is 0. The highest BCUT2D eigenvalue weighted by Crippen LogP contribution is 2.11. The highest BCUT2D eigenvalue weighted by molar-refractivity contribution is 5.85. The molecule has 0 unspecified atom stereocenters. The van der Waals surface area contributed by atoms with Crippen molar-refractivity contribution in [1.29, 1.82) is 0 Å². The summed E-state index contributed by atoms with van der Waals surface area (Å²) in [5, 5.41) is 0. The lowest BCUT2D eigenvalue weighted by atomic mass is 10.4. The lowest BCUT2D eigenvalue weighted by molar-refractivity contribution is 0.660. The van der Waals surface area contributed by atoms with Crippen molar-refractivity contribution in [2.24, 2.45) is 0 Å². The van der Waals surface area contributed by atoms with Crippen molar-refractivity contribution in [2.45, 2.75) is 13.1 Å². The predicted molar refractivity (Wildman–Crippen MR) is 64.8 cm³/mol. The summed E-state index contributed by atoms with van der Waals surface area (Å²) in [6.45, 7) is 1.13. The molecule has 3 heterocycles. The lowest BCUT2D eigenvalue weighted by Gasteiger charge is -2.01. The van der Waals surface area contributed by atoms with E-state index in [1.807, 2.05) is 0 Å². The van der Waals surface area contributed by atoms with Crippen molar-refractivity contribution < 1.29 is 0 Å². The normalized spacial score (nSPS) is 12.0. The quantitative estimate of drug-likeness (QED) is 0.691. The third-order valence-corrected chi connectivity index (χ3v) is 2.52. The maximum atomic E-state index is 11.4. The van der Waals surface area contributed by atoms with Crippen LogP contribution in [0.1, 0.15) is 0 Å². The topological polar surface area (TPSA) is 56.9 Å². The van der Waals surface area contributed by atoms with Gasteiger partial charge >= 0.3 is 0 Å². The van der Waals surface area contributed by atoms with Gasteiger partial charge in [0.15, 0.2) is 0 Å². The molecule has 0 fully saturated rings. The number of nitrogens with zero attached hydrogens (tertiary/aromatic N) is 3. The fraction of sp³-hybridized carbons (Fsp3) is 0.222. The van der Waals surface area contributed by atoms with Crippen molar-refractivity contribution >= 4 is 36.0 Å². The molecule has 3 rings (SSSR count). The average molecular weight is 262 g/mol. The van der Waals surface area contributed by atoms with Crippen LogP contribution >= 0.6 is 24.8 Å². The van der Waals surface area contributed by atoms with E-state index >= 15 is 0 Å². The molecule has 0 amide bonds. The van der Waals surface area contributed by atoms with Gasteiger partial charge in [-0.15, -0.1) is 24.8 Å². The zero-order chi connectivity index (χ0) is 9.71. The van der Waals surface area contributed by atoms with Gasteiger partial charge in [-0.2, -0.15) is 0 Å². The summed E-state index contributed by atoms with van der Waals surface area (Å²) in [4.78, 5) is 26.8. The Balaban J connectivity index is 0.000000640. The molecule has 86 valence electrons. The third-order valence-electron chi connectivity index (χ3n) is 2.52. The summed E-state index contributed by atoms with van der Waals surface area (Å²) in [6.07, 6.45) is 1.29. The van der Waals surface area contributed by atoms with Gasteiger partial charge in [0.2, 0.25) is 0 Å². The first-order valence-electron chi connectivity index (χ1n) is 4.37. The molecule has 0 radical (unpaired) electrons. The van der Waals surface area contributed by atoms with Gasteiger partial charge in [0.05, 0.1) is 6.20 Å². The highest BCUT2D eigenvalue weighted by atomic mass is 35.5. The van der Waals surface area contributed by atoms with Gasteiger partial charge in [-0.3, -0.25) is 18.7 Å². The van der Waals surface area contributed by atoms with E-state index in [4.69, 9.17) is 0 Å². The number of rotatable bonds is 0. The van der Waals surface area contributed by atoms with E-state index in [9.17, 15) is 9.59 Å². The zero-order valence-electron chi connectivity index (χ0n) is 8.12. The molecule has 0 N–H and O–H groups in total. The minimum absolute atomic E-state index is 0. The predicted octanol–water partition coefficient (Wildman–Crippen LogP) is 0.415. The van der Waals surface area contributed by atoms with E-state index < -0.39 is 0 Å². The number of pyridine rings is 1. The molecule has 0 saturated carbocycles. The second kappa shape index (κ2) is 4.27. The molecule has 1 aliphatic heterocycles. The average Bonchev–Trinajstić information content (AvgIpc) is 2.62. The van der Waals surface area contributed by atoms with Gasteiger partial charge in [0.1, 0.15) is 11.2 Å². The summed E-state index contributed by atoms with van der Waals surface area (Å²) < 4.78 is 3.17. The molecule has 0 bridgehead atoms. The van der Waals surface area contributed by atoms with E-state index in [-0.39, 0.29) is 35.9 Å². The first-order valence-corrected chi connectivity index (χ1v) is 4.37. The van der Waals surface area contributed by atoms with Crippen molar-refractivity contribution in [3.63, 3.8) is 0 Å². The largest absolute Gasteiger partial charge is 0.291 e. The molecular formula is C9H9Cl2N3O2. The van der Waals surface area contributed by atoms with Crippen LogP contribution in [0.4, 0.5) is 0 Å². The number of aryl methyl sites for hydroxylation is 2. The fourth-order valence-electron chi connectivity index (χ4n) is 1.87. The molecule has 5 nitrogen and oxygen atoms in total. The van der Waals surface area contributed by atoms with Crippen molar-refractivity contribution in [3.05, 3.63) is 39.0 Å². The smallest absolute Gasteiger partial charge is 0.270 e. The first kappa shape index (κ1) is 12.7. The maximum Gasteiger partial charge on any atom is 0.270 e. The van der Waals surface area contributed by atoms with Gasteiger partial charge in [0.25, 0.3) is 11.1 Å². The van der Waals surface area contributed by atoms with E-state index in [0.717, 1.165) is 0 Å². The molecule has 0 aromatic carbocycles. The van der Waals surface area contributed by atoms with E-state index in [0.29, 0.717) is 24.3 Å². The fourth-order valence-corrected chi connectivity index (χ4v) is 1.87. The van der Waals surface area contributed by atoms with Crippen LogP contribution in [-0.4, -0.2) is 14.1 Å². The number of hydrogen-bond acceptors (Lipinski definition) is 3. The Bertz CT molecular complexity index is 594. The molecule has 0 atom stereocenters. The van der Waals surface area contributed by atoms with Crippen molar-refractivity contribution in [2.75, 3.05) is 0 Å². The maximum absolute atomic E-state index is 11.4. The van der Waals surface area contributed by atoms with Gasteiger partial charge in [-0.1, -0.05) is 0 Å². The van der Waals surface area contributed by atoms with Crippen LogP contribution in [0.3, 0.4) is 0 Å². The van der Waals surface area contributed by atoms with Gasteiger partial charge < -0.3 is 0 Å². The Hall–Kier alpha value is -1.33. The van der Waals surface area contributed by atoms with E-state index in [2.05, 4.69) is 4.98 Å². The standard InChI is InChI=1S/C9H7N3O2.2ClH/c13-7-2-1-6-9-11(7)3-4-12(9)8(14)5-10-6;;/h1-2,5H,3-4H2;2*1H. The van der Waals surface area contributed by atoms with Crippen LogP contribution in [-0.2, 0) is 13.1 Å². The molecular weight excluding hydrogens is 253 g/mol. The first-order chi connectivity index (χ1) is 6.77. The summed E-state index contributed by atoms with van der Waals surface area (Å²) in [5.74, 6) is 0. The molecule has 16 heavy (non-hydrogen) atoms. The van der Waals surface area contributed by atoms with E-state index in [1.54, 1.807) is 15.2 Å². The summed E-state index contributed by atoms with van der Waals surface area (Å²) in [6, 6.07) is 3.13. The Morgan fingerprint density at radius 1 is 1.00 bits per heavy atom. The molecule has 0 aliphatic carbocycles. The molecule has 0 saturated heterocycles. The third kappa shape index (κ3) is 1.52. The van der Waals surface area contributed by atoms with Crippen LogP contribution in [0.2, 0.25) is 0 Å². The molecule has 2 aromatic heterocycles. The second-order valence-corrected chi connectivity index (χ2v) is 3.28. The van der Waals surface area contributed by atoms with Gasteiger partial charge in [-0.05, 0) is 6.07 Å². The Morgan fingerprint density at radius 3 is 2.31 bits per heavy atom. The molecule has 2 aromatic rings. The van der Waals surface area contributed by atoms with Crippen LogP contribution in [0.5, 0.6) is 0 Å². The van der Waals surface area contributed by atoms with Crippen LogP contribution < -0.4 is 11.1 Å². The Kier molecular flexibility index (Phi) is 3.40. The van der Waals surface area contributed by atoms with Crippen LogP contribution in [0.25, 0.3) is 11.2 Å². The van der Waals surface area contributed by atoms with Crippen LogP contribution in [0, 0.1) is 0 Å². The van der Waals surface area contributed by atoms with Crippen LogP contribution in [0.15, 0.2) is 27.9 Å².